The summed E-state index contributed by atoms with van der Waals surface area (Å²) in [5.74, 6) is 0.513. The van der Waals surface area contributed by atoms with Crippen molar-refractivity contribution in [1.82, 2.24) is 14.7 Å². The molecule has 0 N–H and O–H groups in total. The molecule has 2 aliphatic heterocycles. The Kier molecular flexibility index (Phi) is 6.12. The predicted octanol–water partition coefficient (Wildman–Crippen LogP) is 6.12. The van der Waals surface area contributed by atoms with Crippen LogP contribution in [0.5, 0.6) is 0 Å². The number of piperidine rings is 1. The Hall–Kier alpha value is -4.49. The van der Waals surface area contributed by atoms with E-state index in [1.165, 1.54) is 28.8 Å². The topological polar surface area (TPSA) is 50.6 Å². The summed E-state index contributed by atoms with van der Waals surface area (Å²) in [5.41, 5.74) is 7.27. The lowest BCUT2D eigenvalue weighted by Crippen LogP contribution is -2.37. The Balaban J connectivity index is 1.15. The summed E-state index contributed by atoms with van der Waals surface area (Å²) in [7, 11) is 0. The maximum Gasteiger partial charge on any atom is 0.253 e. The molecule has 8 rings (SSSR count). The molecular formula is C36H33FN4O2. The Morgan fingerprint density at radius 1 is 0.930 bits per heavy atom. The third-order valence-corrected chi connectivity index (χ3v) is 9.78. The number of nitrogens with zero attached hydrogens (tertiary/aromatic N) is 4. The van der Waals surface area contributed by atoms with Gasteiger partial charge in [0.2, 0.25) is 0 Å². The highest BCUT2D eigenvalue weighted by Crippen LogP contribution is 2.70. The van der Waals surface area contributed by atoms with E-state index in [-0.39, 0.29) is 17.1 Å². The molecule has 216 valence electrons. The zero-order valence-electron chi connectivity index (χ0n) is 24.1. The van der Waals surface area contributed by atoms with Crippen LogP contribution < -0.4 is 4.90 Å². The van der Waals surface area contributed by atoms with Crippen LogP contribution >= 0.6 is 0 Å². The van der Waals surface area contributed by atoms with E-state index in [2.05, 4.69) is 70.4 Å². The van der Waals surface area contributed by atoms with Crippen molar-refractivity contribution in [3.63, 3.8) is 0 Å². The first-order chi connectivity index (χ1) is 21.0. The lowest BCUT2D eigenvalue weighted by Gasteiger charge is -2.29. The van der Waals surface area contributed by atoms with Crippen molar-refractivity contribution in [3.8, 4) is 5.69 Å². The molecule has 0 bridgehead atoms. The van der Waals surface area contributed by atoms with Gasteiger partial charge in [-0.25, -0.2) is 9.07 Å². The Labute approximate surface area is 250 Å². The van der Waals surface area contributed by atoms with Crippen LogP contribution in [0, 0.1) is 18.7 Å². The van der Waals surface area contributed by atoms with Gasteiger partial charge in [-0.1, -0.05) is 36.4 Å². The molecule has 3 aliphatic rings. The van der Waals surface area contributed by atoms with Crippen molar-refractivity contribution in [3.05, 3.63) is 125 Å². The lowest BCUT2D eigenvalue weighted by atomic mass is 9.86. The number of fused-ring (bicyclic) bond motifs is 2. The number of likely N-dealkylation sites (tertiary alicyclic amines) is 1. The Morgan fingerprint density at radius 3 is 2.51 bits per heavy atom. The standard InChI is InChI=1S/C36H33FN4O2/c1-24-18-33-27(21-38-41(33)29-12-10-28(37)11-13-29)20-31(24)36-23-40(22-32(36)34(36)25-6-3-2-4-7-25)35(42)26-8-5-9-30(19-26)39-14-16-43-17-15-39/h2-13,18-21,32,34H,14-17,22-23H2,1H3/t32-,34-,36+/m0/s1. The molecule has 1 amide bonds. The first-order valence-electron chi connectivity index (χ1n) is 15.0. The number of carbonyl (C=O) groups is 1. The summed E-state index contributed by atoms with van der Waals surface area (Å²) < 4.78 is 21.0. The van der Waals surface area contributed by atoms with Gasteiger partial charge in [-0.3, -0.25) is 4.79 Å². The van der Waals surface area contributed by atoms with Gasteiger partial charge < -0.3 is 14.5 Å². The predicted molar refractivity (Wildman–Crippen MR) is 165 cm³/mol. The maximum atomic E-state index is 14.0. The number of benzene rings is 4. The van der Waals surface area contributed by atoms with Gasteiger partial charge in [0.25, 0.3) is 5.91 Å². The fraction of sp³-hybridized carbons (Fsp3) is 0.278. The van der Waals surface area contributed by atoms with Crippen molar-refractivity contribution in [2.45, 2.75) is 18.3 Å². The third kappa shape index (κ3) is 4.25. The zero-order valence-corrected chi connectivity index (χ0v) is 24.1. The average molecular weight is 573 g/mol. The Morgan fingerprint density at radius 2 is 1.72 bits per heavy atom. The number of aromatic nitrogens is 2. The van der Waals surface area contributed by atoms with Crippen molar-refractivity contribution in [1.29, 1.82) is 0 Å². The number of ether oxygens (including phenoxy) is 1. The van der Waals surface area contributed by atoms with Gasteiger partial charge in [0.1, 0.15) is 5.82 Å². The number of halogens is 1. The first-order valence-corrected chi connectivity index (χ1v) is 15.0. The van der Waals surface area contributed by atoms with Crippen LogP contribution in [0.2, 0.25) is 0 Å². The van der Waals surface area contributed by atoms with Crippen molar-refractivity contribution in [2.75, 3.05) is 44.3 Å². The second-order valence-corrected chi connectivity index (χ2v) is 12.1. The van der Waals surface area contributed by atoms with E-state index in [0.717, 1.165) is 47.5 Å². The number of rotatable bonds is 5. The molecule has 5 aromatic rings. The highest BCUT2D eigenvalue weighted by atomic mass is 19.1. The summed E-state index contributed by atoms with van der Waals surface area (Å²) in [6.07, 6.45) is 1.89. The number of morpholine rings is 1. The number of carbonyl (C=O) groups excluding carboxylic acids is 1. The number of aryl methyl sites for hydroxylation is 1. The van der Waals surface area contributed by atoms with Gasteiger partial charge in [0, 0.05) is 54.1 Å². The van der Waals surface area contributed by atoms with Crippen molar-refractivity contribution in [2.24, 2.45) is 5.92 Å². The average Bonchev–Trinajstić information content (AvgIpc) is 3.29. The maximum absolute atomic E-state index is 14.0. The monoisotopic (exact) mass is 572 g/mol. The minimum atomic E-state index is -0.266. The fourth-order valence-electron chi connectivity index (χ4n) is 7.73. The van der Waals surface area contributed by atoms with Crippen LogP contribution in [0.3, 0.4) is 0 Å². The summed E-state index contributed by atoms with van der Waals surface area (Å²) in [6, 6.07) is 29.7. The molecule has 3 atom stereocenters. The molecule has 3 fully saturated rings. The summed E-state index contributed by atoms with van der Waals surface area (Å²) in [4.78, 5) is 18.3. The zero-order chi connectivity index (χ0) is 29.1. The summed E-state index contributed by atoms with van der Waals surface area (Å²) >= 11 is 0. The van der Waals surface area contributed by atoms with E-state index < -0.39 is 0 Å². The molecule has 3 heterocycles. The SMILES string of the molecule is Cc1cc2c(cnn2-c2ccc(F)cc2)cc1[C@]12CN(C(=O)c3cccc(N4CCOCC4)c3)C[C@H]1[C@@H]2c1ccccc1. The highest BCUT2D eigenvalue weighted by molar-refractivity contribution is 5.96. The van der Waals surface area contributed by atoms with Crippen LogP contribution in [0.1, 0.15) is 33.0 Å². The normalized spacial score (nSPS) is 23.0. The smallest absolute Gasteiger partial charge is 0.253 e. The number of hydrogen-bond donors (Lipinski definition) is 0. The van der Waals surface area contributed by atoms with Gasteiger partial charge in [0.05, 0.1) is 30.6 Å². The molecule has 43 heavy (non-hydrogen) atoms. The molecule has 7 heteroatoms. The van der Waals surface area contributed by atoms with Gasteiger partial charge >= 0.3 is 0 Å². The number of amides is 1. The molecule has 2 saturated heterocycles. The van der Waals surface area contributed by atoms with Crippen LogP contribution in [0.25, 0.3) is 16.6 Å². The van der Waals surface area contributed by atoms with Crippen LogP contribution in [0.15, 0.2) is 97.2 Å². The highest BCUT2D eigenvalue weighted by Gasteiger charge is 2.70. The summed E-state index contributed by atoms with van der Waals surface area (Å²) in [6.45, 7) is 6.67. The van der Waals surface area contributed by atoms with E-state index in [1.807, 2.05) is 29.1 Å². The van der Waals surface area contributed by atoms with Crippen LogP contribution in [-0.2, 0) is 10.2 Å². The minimum absolute atomic E-state index is 0.0938. The molecule has 6 nitrogen and oxygen atoms in total. The molecule has 1 aromatic heterocycles. The molecular weight excluding hydrogens is 539 g/mol. The quantitative estimate of drug-likeness (QED) is 0.255. The molecule has 0 unspecified atom stereocenters. The lowest BCUT2D eigenvalue weighted by molar-refractivity contribution is 0.0769. The van der Waals surface area contributed by atoms with Crippen LogP contribution in [-0.4, -0.2) is 60.0 Å². The second kappa shape index (κ2) is 10.1. The summed E-state index contributed by atoms with van der Waals surface area (Å²) in [5, 5.41) is 5.71. The minimum Gasteiger partial charge on any atom is -0.378 e. The fourth-order valence-corrected chi connectivity index (χ4v) is 7.73. The van der Waals surface area contributed by atoms with Gasteiger partial charge in [-0.2, -0.15) is 5.10 Å². The van der Waals surface area contributed by atoms with Crippen molar-refractivity contribution < 1.29 is 13.9 Å². The van der Waals surface area contributed by atoms with E-state index in [0.29, 0.717) is 31.6 Å². The molecule has 0 spiro atoms. The van der Waals surface area contributed by atoms with E-state index in [9.17, 15) is 9.18 Å². The second-order valence-electron chi connectivity index (χ2n) is 12.1. The van der Waals surface area contributed by atoms with Gasteiger partial charge in [-0.15, -0.1) is 0 Å². The molecule has 1 aliphatic carbocycles. The van der Waals surface area contributed by atoms with E-state index >= 15 is 0 Å². The van der Waals surface area contributed by atoms with E-state index in [1.54, 1.807) is 12.1 Å². The Bertz CT molecular complexity index is 1830. The molecule has 4 aromatic carbocycles. The van der Waals surface area contributed by atoms with Crippen LogP contribution in [0.4, 0.5) is 10.1 Å². The molecule has 1 saturated carbocycles. The van der Waals surface area contributed by atoms with Gasteiger partial charge in [0.15, 0.2) is 0 Å². The molecule has 0 radical (unpaired) electrons. The number of anilines is 1. The number of hydrogen-bond acceptors (Lipinski definition) is 4. The first kappa shape index (κ1) is 26.2. The van der Waals surface area contributed by atoms with Crippen molar-refractivity contribution >= 4 is 22.5 Å². The largest absolute Gasteiger partial charge is 0.378 e. The third-order valence-electron chi connectivity index (χ3n) is 9.78. The van der Waals surface area contributed by atoms with Gasteiger partial charge in [-0.05, 0) is 84.1 Å². The van der Waals surface area contributed by atoms with E-state index in [4.69, 9.17) is 4.74 Å².